The maximum atomic E-state index is 12.1. The molecule has 10 heteroatoms. The molecule has 0 unspecified atom stereocenters. The second-order valence-corrected chi connectivity index (χ2v) is 9.69. The van der Waals surface area contributed by atoms with Gasteiger partial charge in [0.05, 0.1) is 22.9 Å². The summed E-state index contributed by atoms with van der Waals surface area (Å²) in [6, 6.07) is 16.1. The number of hydrogen-bond acceptors (Lipinski definition) is 7. The lowest BCUT2D eigenvalue weighted by Crippen LogP contribution is -2.11. The van der Waals surface area contributed by atoms with Gasteiger partial charge in [-0.15, -0.1) is 11.3 Å². The summed E-state index contributed by atoms with van der Waals surface area (Å²) < 4.78 is 29.9. The molecular weight excluding hydrogens is 472 g/mol. The van der Waals surface area contributed by atoms with Crippen LogP contribution in [0.3, 0.4) is 0 Å². The first-order valence-corrected chi connectivity index (χ1v) is 12.8. The molecule has 0 amide bonds. The van der Waals surface area contributed by atoms with Crippen LogP contribution < -0.4 is 5.14 Å². The van der Waals surface area contributed by atoms with E-state index < -0.39 is 16.0 Å². The van der Waals surface area contributed by atoms with E-state index in [-0.39, 0.29) is 17.2 Å². The summed E-state index contributed by atoms with van der Waals surface area (Å²) in [7, 11) is -3.77. The molecule has 174 valence electrons. The molecule has 0 aliphatic rings. The molecule has 2 heterocycles. The smallest absolute Gasteiger partial charge is 0.357 e. The minimum Gasteiger partial charge on any atom is -0.461 e. The van der Waals surface area contributed by atoms with E-state index >= 15 is 0 Å². The Bertz CT molecular complexity index is 1440. The summed E-state index contributed by atoms with van der Waals surface area (Å²) in [5.74, 6) is -0.490. The minimum absolute atomic E-state index is 0.0495. The van der Waals surface area contributed by atoms with Crippen molar-refractivity contribution in [3.63, 3.8) is 0 Å². The number of carbonyl (C=O) groups excluding carboxylic acids is 1. The van der Waals surface area contributed by atoms with Crippen molar-refractivity contribution >= 4 is 33.4 Å². The number of aromatic nitrogens is 3. The standard InChI is InChI=1S/C24H22N4O4S2/c1-3-21-19(14-16-10-12-18(13-11-16)34(25,30)31)22(17-8-6-5-7-9-17)27-28(21)24-26-20(15-33-24)23(29)32-4-2/h3,5-13,15H,1,4,14H2,2H3,(H2,25,30,31). The van der Waals surface area contributed by atoms with Crippen LogP contribution in [0.4, 0.5) is 0 Å². The van der Waals surface area contributed by atoms with Gasteiger partial charge in [-0.05, 0) is 30.7 Å². The van der Waals surface area contributed by atoms with Crippen molar-refractivity contribution < 1.29 is 17.9 Å². The van der Waals surface area contributed by atoms with E-state index in [2.05, 4.69) is 11.6 Å². The van der Waals surface area contributed by atoms with Crippen molar-refractivity contribution in [1.29, 1.82) is 0 Å². The summed E-state index contributed by atoms with van der Waals surface area (Å²) in [5, 5.41) is 12.2. The highest BCUT2D eigenvalue weighted by atomic mass is 32.2. The lowest BCUT2D eigenvalue weighted by Gasteiger charge is -2.06. The molecule has 0 bridgehead atoms. The quantitative estimate of drug-likeness (QED) is 0.369. The fraction of sp³-hybridized carbons (Fsp3) is 0.125. The SMILES string of the molecule is C=Cc1c(Cc2ccc(S(N)(=O)=O)cc2)c(-c2ccccc2)nn1-c1nc(C(=O)OCC)cs1. The molecule has 0 saturated carbocycles. The number of benzene rings is 2. The number of carbonyl (C=O) groups is 1. The van der Waals surface area contributed by atoms with Crippen LogP contribution in [0.25, 0.3) is 22.5 Å². The van der Waals surface area contributed by atoms with Crippen LogP contribution in [0.2, 0.25) is 0 Å². The molecule has 2 aromatic carbocycles. The van der Waals surface area contributed by atoms with E-state index in [0.29, 0.717) is 11.6 Å². The Morgan fingerprint density at radius 3 is 2.50 bits per heavy atom. The lowest BCUT2D eigenvalue weighted by molar-refractivity contribution is 0.0520. The van der Waals surface area contributed by atoms with Gasteiger partial charge in [0, 0.05) is 22.9 Å². The number of esters is 1. The van der Waals surface area contributed by atoms with E-state index in [1.807, 2.05) is 30.3 Å². The predicted octanol–water partition coefficient (Wildman–Crippen LogP) is 4.05. The normalized spacial score (nSPS) is 11.4. The third-order valence-corrected chi connectivity index (χ3v) is 6.80. The van der Waals surface area contributed by atoms with Gasteiger partial charge in [0.2, 0.25) is 15.2 Å². The molecule has 0 fully saturated rings. The van der Waals surface area contributed by atoms with Crippen LogP contribution in [0.5, 0.6) is 0 Å². The van der Waals surface area contributed by atoms with Crippen LogP contribution in [0, 0.1) is 0 Å². The topological polar surface area (TPSA) is 117 Å². The van der Waals surface area contributed by atoms with E-state index in [1.165, 1.54) is 23.5 Å². The highest BCUT2D eigenvalue weighted by Crippen LogP contribution is 2.31. The van der Waals surface area contributed by atoms with E-state index in [9.17, 15) is 13.2 Å². The fourth-order valence-electron chi connectivity index (χ4n) is 3.48. The zero-order chi connectivity index (χ0) is 24.3. The molecule has 4 rings (SSSR count). The monoisotopic (exact) mass is 494 g/mol. The second-order valence-electron chi connectivity index (χ2n) is 7.30. The zero-order valence-electron chi connectivity index (χ0n) is 18.3. The first-order chi connectivity index (χ1) is 16.3. The van der Waals surface area contributed by atoms with Crippen LogP contribution in [0.15, 0.2) is 71.5 Å². The molecule has 2 aromatic heterocycles. The Balaban J connectivity index is 1.81. The van der Waals surface area contributed by atoms with Gasteiger partial charge in [0.1, 0.15) is 0 Å². The average Bonchev–Trinajstić information content (AvgIpc) is 3.45. The van der Waals surface area contributed by atoms with Gasteiger partial charge in [0.15, 0.2) is 5.69 Å². The molecule has 4 aromatic rings. The highest BCUT2D eigenvalue weighted by Gasteiger charge is 2.22. The maximum absolute atomic E-state index is 12.1. The number of nitrogens with two attached hydrogens (primary N) is 1. The summed E-state index contributed by atoms with van der Waals surface area (Å²) in [6.07, 6.45) is 2.16. The fourth-order valence-corrected chi connectivity index (χ4v) is 4.75. The lowest BCUT2D eigenvalue weighted by atomic mass is 9.99. The summed E-state index contributed by atoms with van der Waals surface area (Å²) in [5.41, 5.74) is 4.34. The Kier molecular flexibility index (Phi) is 6.73. The molecule has 8 nitrogen and oxygen atoms in total. The highest BCUT2D eigenvalue weighted by molar-refractivity contribution is 7.89. The summed E-state index contributed by atoms with van der Waals surface area (Å²) in [6.45, 7) is 5.97. The molecule has 2 N–H and O–H groups in total. The third-order valence-electron chi connectivity index (χ3n) is 5.05. The van der Waals surface area contributed by atoms with Crippen molar-refractivity contribution in [1.82, 2.24) is 14.8 Å². The van der Waals surface area contributed by atoms with Gasteiger partial charge in [-0.3, -0.25) is 0 Å². The van der Waals surface area contributed by atoms with Gasteiger partial charge in [-0.1, -0.05) is 49.0 Å². The number of primary sulfonamides is 1. The second kappa shape index (κ2) is 9.72. The first-order valence-electron chi connectivity index (χ1n) is 10.4. The first kappa shape index (κ1) is 23.6. The average molecular weight is 495 g/mol. The number of sulfonamides is 1. The predicted molar refractivity (Wildman–Crippen MR) is 131 cm³/mol. The van der Waals surface area contributed by atoms with Crippen molar-refractivity contribution in [2.75, 3.05) is 6.61 Å². The number of ether oxygens (including phenoxy) is 1. The van der Waals surface area contributed by atoms with Crippen LogP contribution >= 0.6 is 11.3 Å². The Hall–Kier alpha value is -3.60. The van der Waals surface area contributed by atoms with Crippen molar-refractivity contribution in [3.8, 4) is 16.4 Å². The molecule has 0 aliphatic heterocycles. The maximum Gasteiger partial charge on any atom is 0.357 e. The summed E-state index contributed by atoms with van der Waals surface area (Å²) >= 11 is 1.27. The van der Waals surface area contributed by atoms with Gasteiger partial charge in [-0.25, -0.2) is 28.0 Å². The largest absolute Gasteiger partial charge is 0.461 e. The van der Waals surface area contributed by atoms with Crippen molar-refractivity contribution in [3.05, 3.63) is 89.1 Å². The van der Waals surface area contributed by atoms with Crippen molar-refractivity contribution in [2.45, 2.75) is 18.2 Å². The number of thiazole rings is 1. The molecule has 0 radical (unpaired) electrons. The minimum atomic E-state index is -3.77. The summed E-state index contributed by atoms with van der Waals surface area (Å²) in [4.78, 5) is 16.6. The molecular formula is C24H22N4O4S2. The molecule has 34 heavy (non-hydrogen) atoms. The zero-order valence-corrected chi connectivity index (χ0v) is 20.0. The van der Waals surface area contributed by atoms with Gasteiger partial charge in [-0.2, -0.15) is 5.10 Å². The van der Waals surface area contributed by atoms with E-state index in [1.54, 1.807) is 35.2 Å². The van der Waals surface area contributed by atoms with Crippen molar-refractivity contribution in [2.24, 2.45) is 5.14 Å². The van der Waals surface area contributed by atoms with Gasteiger partial charge >= 0.3 is 5.97 Å². The number of nitrogens with zero attached hydrogens (tertiary/aromatic N) is 3. The van der Waals surface area contributed by atoms with Gasteiger partial charge < -0.3 is 4.74 Å². The third kappa shape index (κ3) is 4.84. The number of rotatable bonds is 8. The number of hydrogen-bond donors (Lipinski definition) is 1. The van der Waals surface area contributed by atoms with E-state index in [4.69, 9.17) is 15.0 Å². The van der Waals surface area contributed by atoms with Crippen LogP contribution in [0.1, 0.15) is 34.2 Å². The molecule has 0 atom stereocenters. The Morgan fingerprint density at radius 2 is 1.88 bits per heavy atom. The van der Waals surface area contributed by atoms with E-state index in [0.717, 1.165) is 28.1 Å². The Morgan fingerprint density at radius 1 is 1.18 bits per heavy atom. The molecule has 0 aliphatic carbocycles. The molecule has 0 saturated heterocycles. The van der Waals surface area contributed by atoms with Crippen LogP contribution in [-0.2, 0) is 21.2 Å². The van der Waals surface area contributed by atoms with Crippen LogP contribution in [-0.4, -0.2) is 35.8 Å². The Labute approximate surface area is 201 Å². The molecule has 0 spiro atoms. The van der Waals surface area contributed by atoms with Gasteiger partial charge in [0.25, 0.3) is 0 Å².